The van der Waals surface area contributed by atoms with E-state index in [0.29, 0.717) is 33.8 Å². The smallest absolute Gasteiger partial charge is 0.261 e. The highest BCUT2D eigenvalue weighted by molar-refractivity contribution is 9.10. The minimum Gasteiger partial charge on any atom is -0.482 e. The second-order valence-electron chi connectivity index (χ2n) is 8.98. The number of hydrogen-bond donors (Lipinski definition) is 1. The molecular weight excluding hydrogens is 599 g/mol. The van der Waals surface area contributed by atoms with E-state index in [-0.39, 0.29) is 30.9 Å². The van der Waals surface area contributed by atoms with E-state index in [0.717, 1.165) is 15.6 Å². The average Bonchev–Trinajstić information content (AvgIpc) is 2.86. The number of carbonyl (C=O) groups is 2. The number of carbonyl (C=O) groups excluding carboxylic acids is 2. The molecule has 2 amide bonds. The highest BCUT2D eigenvalue weighted by Crippen LogP contribution is 2.28. The normalized spacial score (nSPS) is 11.8. The van der Waals surface area contributed by atoms with E-state index in [2.05, 4.69) is 21.2 Å². The molecule has 1 N–H and O–H groups in total. The molecule has 0 aliphatic rings. The van der Waals surface area contributed by atoms with Crippen molar-refractivity contribution >= 4 is 62.5 Å². The predicted molar refractivity (Wildman–Crippen MR) is 153 cm³/mol. The summed E-state index contributed by atoms with van der Waals surface area (Å²) in [6, 6.07) is 19.1. The van der Waals surface area contributed by atoms with Crippen LogP contribution in [0.2, 0.25) is 15.1 Å². The van der Waals surface area contributed by atoms with Crippen LogP contribution in [-0.4, -0.2) is 35.9 Å². The predicted octanol–water partition coefficient (Wildman–Crippen LogP) is 7.20. The van der Waals surface area contributed by atoms with Gasteiger partial charge in [-0.3, -0.25) is 9.59 Å². The SMILES string of the molecule is CC(C)CNC(=O)[C@@H](Cc1ccccc1)N(Cc1ccc(Cl)c(Cl)c1)C(=O)COc1ccc(Br)cc1Cl. The van der Waals surface area contributed by atoms with Crippen LogP contribution in [-0.2, 0) is 22.6 Å². The van der Waals surface area contributed by atoms with Crippen molar-refractivity contribution in [3.05, 3.63) is 97.4 Å². The molecule has 3 aromatic rings. The Kier molecular flexibility index (Phi) is 11.1. The van der Waals surface area contributed by atoms with Gasteiger partial charge in [0, 0.05) is 24.0 Å². The second-order valence-corrected chi connectivity index (χ2v) is 11.1. The third-order valence-corrected chi connectivity index (χ3v) is 7.07. The van der Waals surface area contributed by atoms with Gasteiger partial charge in [0.25, 0.3) is 5.91 Å². The fourth-order valence-electron chi connectivity index (χ4n) is 3.63. The molecule has 0 aliphatic carbocycles. The Morgan fingerprint density at radius 2 is 1.65 bits per heavy atom. The van der Waals surface area contributed by atoms with Crippen molar-refractivity contribution in [3.63, 3.8) is 0 Å². The Balaban J connectivity index is 1.93. The summed E-state index contributed by atoms with van der Waals surface area (Å²) < 4.78 is 6.56. The van der Waals surface area contributed by atoms with Crippen molar-refractivity contribution in [1.29, 1.82) is 0 Å². The standard InChI is InChI=1S/C28H28BrCl3N2O3/c1-18(2)15-33-28(36)25(13-19-6-4-3-5-7-19)34(16-20-8-10-22(30)23(31)12-20)27(35)17-37-26-11-9-21(29)14-24(26)32/h3-12,14,18,25H,13,15-17H2,1-2H3,(H,33,36)/t25-/m1/s1. The number of hydrogen-bond acceptors (Lipinski definition) is 3. The van der Waals surface area contributed by atoms with Gasteiger partial charge in [-0.25, -0.2) is 0 Å². The molecule has 0 unspecified atom stereocenters. The van der Waals surface area contributed by atoms with Crippen LogP contribution in [0.3, 0.4) is 0 Å². The van der Waals surface area contributed by atoms with Crippen LogP contribution in [0, 0.1) is 5.92 Å². The van der Waals surface area contributed by atoms with E-state index >= 15 is 0 Å². The molecular formula is C28H28BrCl3N2O3. The largest absolute Gasteiger partial charge is 0.482 e. The molecule has 0 heterocycles. The van der Waals surface area contributed by atoms with Gasteiger partial charge in [-0.15, -0.1) is 0 Å². The quantitative estimate of drug-likeness (QED) is 0.245. The molecule has 196 valence electrons. The van der Waals surface area contributed by atoms with Crippen LogP contribution in [0.5, 0.6) is 5.75 Å². The van der Waals surface area contributed by atoms with E-state index in [1.54, 1.807) is 36.4 Å². The maximum atomic E-state index is 13.6. The number of nitrogens with zero attached hydrogens (tertiary/aromatic N) is 1. The zero-order valence-corrected chi connectivity index (χ0v) is 24.4. The van der Waals surface area contributed by atoms with E-state index in [1.165, 1.54) is 4.90 Å². The average molecular weight is 627 g/mol. The lowest BCUT2D eigenvalue weighted by atomic mass is 10.0. The third kappa shape index (κ3) is 8.92. The van der Waals surface area contributed by atoms with E-state index in [4.69, 9.17) is 39.5 Å². The Hall–Kier alpha value is -2.25. The lowest BCUT2D eigenvalue weighted by Crippen LogP contribution is -2.52. The van der Waals surface area contributed by atoms with Gasteiger partial charge >= 0.3 is 0 Å². The zero-order chi connectivity index (χ0) is 26.9. The molecule has 0 spiro atoms. The molecule has 0 fully saturated rings. The number of amides is 2. The Morgan fingerprint density at radius 3 is 2.30 bits per heavy atom. The van der Waals surface area contributed by atoms with E-state index in [9.17, 15) is 9.59 Å². The van der Waals surface area contributed by atoms with Gasteiger partial charge in [-0.1, -0.05) is 101 Å². The molecule has 37 heavy (non-hydrogen) atoms. The first kappa shape index (κ1) is 29.3. The minimum atomic E-state index is -0.785. The van der Waals surface area contributed by atoms with Crippen LogP contribution in [0.1, 0.15) is 25.0 Å². The first-order valence-corrected chi connectivity index (χ1v) is 13.7. The van der Waals surface area contributed by atoms with Gasteiger partial charge in [0.2, 0.25) is 5.91 Å². The van der Waals surface area contributed by atoms with Crippen LogP contribution in [0.25, 0.3) is 0 Å². The second kappa shape index (κ2) is 14.1. The summed E-state index contributed by atoms with van der Waals surface area (Å²) in [5, 5.41) is 4.13. The Morgan fingerprint density at radius 1 is 0.919 bits per heavy atom. The number of nitrogens with one attached hydrogen (secondary N) is 1. The van der Waals surface area contributed by atoms with Gasteiger partial charge in [-0.05, 0) is 47.4 Å². The number of halogens is 4. The molecule has 9 heteroatoms. The minimum absolute atomic E-state index is 0.139. The fourth-order valence-corrected chi connectivity index (χ4v) is 4.67. The summed E-state index contributed by atoms with van der Waals surface area (Å²) in [5.41, 5.74) is 1.66. The van der Waals surface area contributed by atoms with Gasteiger partial charge in [0.1, 0.15) is 11.8 Å². The first-order valence-electron chi connectivity index (χ1n) is 11.8. The van der Waals surface area contributed by atoms with E-state index < -0.39 is 6.04 Å². The van der Waals surface area contributed by atoms with Crippen LogP contribution in [0.4, 0.5) is 0 Å². The lowest BCUT2D eigenvalue weighted by molar-refractivity contribution is -0.142. The molecule has 3 aromatic carbocycles. The lowest BCUT2D eigenvalue weighted by Gasteiger charge is -2.32. The fraction of sp³-hybridized carbons (Fsp3) is 0.286. The summed E-state index contributed by atoms with van der Waals surface area (Å²) in [6.45, 7) is 4.36. The summed E-state index contributed by atoms with van der Waals surface area (Å²) in [7, 11) is 0. The van der Waals surface area contributed by atoms with Gasteiger partial charge in [0.05, 0.1) is 15.1 Å². The summed E-state index contributed by atoms with van der Waals surface area (Å²) in [5.74, 6) is 0.0123. The number of benzene rings is 3. The van der Waals surface area contributed by atoms with Gasteiger partial charge in [-0.2, -0.15) is 0 Å². The van der Waals surface area contributed by atoms with Crippen LogP contribution >= 0.6 is 50.7 Å². The molecule has 5 nitrogen and oxygen atoms in total. The molecule has 0 bridgehead atoms. The van der Waals surface area contributed by atoms with Crippen molar-refractivity contribution < 1.29 is 14.3 Å². The van der Waals surface area contributed by atoms with Crippen LogP contribution in [0.15, 0.2) is 71.2 Å². The first-order chi connectivity index (χ1) is 17.6. The molecule has 3 rings (SSSR count). The summed E-state index contributed by atoms with van der Waals surface area (Å²) in [6.07, 6.45) is 0.330. The summed E-state index contributed by atoms with van der Waals surface area (Å²) in [4.78, 5) is 28.6. The molecule has 0 radical (unpaired) electrons. The van der Waals surface area contributed by atoms with E-state index in [1.807, 2.05) is 44.2 Å². The topological polar surface area (TPSA) is 58.6 Å². The van der Waals surface area contributed by atoms with Crippen molar-refractivity contribution in [2.24, 2.45) is 5.92 Å². The van der Waals surface area contributed by atoms with Crippen molar-refractivity contribution in [2.45, 2.75) is 32.9 Å². The number of rotatable bonds is 11. The number of ether oxygens (including phenoxy) is 1. The van der Waals surface area contributed by atoms with Crippen molar-refractivity contribution in [3.8, 4) is 5.75 Å². The molecule has 0 saturated heterocycles. The zero-order valence-electron chi connectivity index (χ0n) is 20.5. The van der Waals surface area contributed by atoms with Gasteiger partial charge < -0.3 is 15.0 Å². The Bertz CT molecular complexity index is 1220. The third-order valence-electron chi connectivity index (χ3n) is 5.54. The monoisotopic (exact) mass is 624 g/mol. The molecule has 1 atom stereocenters. The highest BCUT2D eigenvalue weighted by Gasteiger charge is 2.31. The van der Waals surface area contributed by atoms with Crippen molar-refractivity contribution in [2.75, 3.05) is 13.2 Å². The van der Waals surface area contributed by atoms with Crippen molar-refractivity contribution in [1.82, 2.24) is 10.2 Å². The molecule has 0 saturated carbocycles. The van der Waals surface area contributed by atoms with Gasteiger partial charge in [0.15, 0.2) is 6.61 Å². The molecule has 0 aliphatic heterocycles. The summed E-state index contributed by atoms with van der Waals surface area (Å²) >= 11 is 22.0. The maximum Gasteiger partial charge on any atom is 0.261 e. The maximum absolute atomic E-state index is 13.6. The highest BCUT2D eigenvalue weighted by atomic mass is 79.9. The Labute approximate surface area is 241 Å². The molecule has 0 aromatic heterocycles. The van der Waals surface area contributed by atoms with Crippen LogP contribution < -0.4 is 10.1 Å².